The smallest absolute Gasteiger partial charge is 0.344 e. The molecule has 0 aliphatic heterocycles. The van der Waals surface area contributed by atoms with Crippen molar-refractivity contribution in [2.75, 3.05) is 0 Å². The summed E-state index contributed by atoms with van der Waals surface area (Å²) in [5, 5.41) is 0. The Morgan fingerprint density at radius 3 is 0.600 bits per heavy atom. The van der Waals surface area contributed by atoms with E-state index in [9.17, 15) is 0 Å². The molecule has 0 unspecified atom stereocenters. The zero-order chi connectivity index (χ0) is 14.6. The van der Waals surface area contributed by atoms with Gasteiger partial charge in [0.25, 0.3) is 0 Å². The molecule has 0 amide bonds. The van der Waals surface area contributed by atoms with Crippen LogP contribution in [0.15, 0.2) is 0 Å². The zero-order valence-corrected chi connectivity index (χ0v) is 37.1. The third-order valence-electron chi connectivity index (χ3n) is 0. The number of hydrogen-bond acceptors (Lipinski definition) is 0. The van der Waals surface area contributed by atoms with Crippen molar-refractivity contribution in [2.24, 2.45) is 11.8 Å². The maximum atomic E-state index is 3.64. The first-order valence-corrected chi connectivity index (χ1v) is 6.54. The summed E-state index contributed by atoms with van der Waals surface area (Å²) in [7, 11) is 0. The molecular formula is C16H38Rb4. The van der Waals surface area contributed by atoms with Crippen LogP contribution in [0.2, 0.25) is 0 Å². The van der Waals surface area contributed by atoms with Crippen LogP contribution < -0.4 is 233 Å². The Hall–Kier alpha value is 7.22. The molecule has 0 N–H and O–H groups in total. The predicted octanol–water partition coefficient (Wildman–Crippen LogP) is -5.54. The van der Waals surface area contributed by atoms with E-state index in [-0.39, 0.29) is 233 Å². The summed E-state index contributed by atoms with van der Waals surface area (Å²) in [5.41, 5.74) is 0. The molecule has 0 nitrogen and oxygen atoms in total. The predicted molar refractivity (Wildman–Crippen MR) is 83.0 cm³/mol. The van der Waals surface area contributed by atoms with E-state index in [0.717, 1.165) is 12.8 Å². The topological polar surface area (TPSA) is 0 Å². The first-order chi connectivity index (χ1) is 7.29. The molecule has 0 aromatic heterocycles. The maximum absolute atomic E-state index is 3.64. The minimum atomic E-state index is 0. The van der Waals surface area contributed by atoms with Gasteiger partial charge in [-0.1, -0.05) is 55.4 Å². The summed E-state index contributed by atoms with van der Waals surface area (Å²) in [5.74, 6) is 1.17. The molecule has 20 heavy (non-hydrogen) atoms. The van der Waals surface area contributed by atoms with Gasteiger partial charge in [-0.05, 0) is 0 Å². The summed E-state index contributed by atoms with van der Waals surface area (Å²) in [6, 6.07) is 0. The molecule has 0 rings (SSSR count). The molecule has 0 aliphatic rings. The van der Waals surface area contributed by atoms with Gasteiger partial charge in [-0.2, -0.15) is 24.7 Å². The molecule has 0 aromatic rings. The molecule has 0 spiro atoms. The number of rotatable bonds is 0. The van der Waals surface area contributed by atoms with Gasteiger partial charge in [0, 0.05) is 0 Å². The van der Waals surface area contributed by atoms with E-state index in [1.54, 1.807) is 0 Å². The van der Waals surface area contributed by atoms with Crippen LogP contribution in [0.1, 0.15) is 68.2 Å². The molecular weight excluding hydrogens is 534 g/mol. The van der Waals surface area contributed by atoms with Gasteiger partial charge in [-0.3, -0.25) is 0 Å². The molecule has 0 radical (unpaired) electrons. The Balaban J connectivity index is -0.0000000105. The van der Waals surface area contributed by atoms with Gasteiger partial charge in [-0.25, -0.2) is 0 Å². The summed E-state index contributed by atoms with van der Waals surface area (Å²) in [6.07, 6.45) is 2.00. The summed E-state index contributed by atoms with van der Waals surface area (Å²) >= 11 is 0. The molecule has 0 saturated carbocycles. The molecule has 0 bridgehead atoms. The molecule has 0 aliphatic carbocycles. The fourth-order valence-corrected chi connectivity index (χ4v) is 0. The van der Waals surface area contributed by atoms with Gasteiger partial charge in [0.1, 0.15) is 0 Å². The fraction of sp³-hybridized carbons (Fsp3) is 0.750. The Morgan fingerprint density at radius 1 is 0.600 bits per heavy atom. The van der Waals surface area contributed by atoms with Gasteiger partial charge >= 0.3 is 233 Å². The Kier molecular flexibility index (Phi) is 203. The monoisotopic (exact) mass is 570 g/mol. The molecule has 4 heteroatoms. The van der Waals surface area contributed by atoms with Gasteiger partial charge in [0.05, 0.1) is 0 Å². The van der Waals surface area contributed by atoms with E-state index in [4.69, 9.17) is 0 Å². The molecule has 0 fully saturated rings. The van der Waals surface area contributed by atoms with Crippen LogP contribution >= 0.6 is 0 Å². The van der Waals surface area contributed by atoms with Crippen molar-refractivity contribution in [2.45, 2.75) is 68.2 Å². The van der Waals surface area contributed by atoms with Gasteiger partial charge in [0.2, 0.25) is 0 Å². The van der Waals surface area contributed by atoms with Gasteiger partial charge in [-0.15, -0.1) is 0 Å². The van der Waals surface area contributed by atoms with E-state index in [2.05, 4.69) is 55.4 Å². The quantitative estimate of drug-likeness (QED) is 0.255. The second kappa shape index (κ2) is 72.0. The first kappa shape index (κ1) is 56.4. The van der Waals surface area contributed by atoms with Crippen molar-refractivity contribution in [3.8, 4) is 0 Å². The van der Waals surface area contributed by atoms with E-state index >= 15 is 0 Å². The van der Waals surface area contributed by atoms with Crippen molar-refractivity contribution in [1.29, 1.82) is 0 Å². The van der Waals surface area contributed by atoms with Crippen LogP contribution in [0.25, 0.3) is 0 Å². The van der Waals surface area contributed by atoms with Crippen LogP contribution in [0.5, 0.6) is 0 Å². The molecule has 0 heterocycles. The molecule has 106 valence electrons. The van der Waals surface area contributed by atoms with Crippen molar-refractivity contribution in [3.63, 3.8) is 0 Å². The zero-order valence-electron chi connectivity index (χ0n) is 17.4. The second-order valence-electron chi connectivity index (χ2n) is 3.79. The average molecular weight is 572 g/mol. The van der Waals surface area contributed by atoms with Crippen molar-refractivity contribution in [1.82, 2.24) is 0 Å². The Morgan fingerprint density at radius 2 is 0.600 bits per heavy atom. The Bertz CT molecular complexity index is 44.9. The van der Waals surface area contributed by atoms with Crippen LogP contribution in [-0.4, -0.2) is 0 Å². The minimum Gasteiger partial charge on any atom is -0.344 e. The van der Waals surface area contributed by atoms with E-state index in [1.165, 1.54) is 0 Å². The molecule has 0 saturated heterocycles. The van der Waals surface area contributed by atoms with Crippen LogP contribution in [-0.2, 0) is 0 Å². The van der Waals surface area contributed by atoms with Gasteiger partial charge < -0.3 is 27.7 Å². The Labute approximate surface area is 329 Å². The molecule has 0 atom stereocenters. The minimum absolute atomic E-state index is 0. The normalized spacial score (nSPS) is 5.70. The van der Waals surface area contributed by atoms with Crippen molar-refractivity contribution < 1.29 is 233 Å². The van der Waals surface area contributed by atoms with Crippen molar-refractivity contribution in [3.05, 3.63) is 27.7 Å². The standard InChI is InChI=1S/2C4H9.2C3H7.C2H6.4Rb/c2*1-4(2)3;2*1-3-2;1-2;;;;/h2*4H,1H2,2-3H3;2*1,3H2,2H3;1-2H3;;;;/q4*-1;;4*+1. The average Bonchev–Trinajstić information content (AvgIpc) is 2.07. The van der Waals surface area contributed by atoms with E-state index in [1.807, 2.05) is 27.7 Å². The first-order valence-electron chi connectivity index (χ1n) is 6.54. The van der Waals surface area contributed by atoms with Crippen LogP contribution in [0, 0.1) is 39.5 Å². The third-order valence-corrected chi connectivity index (χ3v) is 0. The third kappa shape index (κ3) is 284. The fourth-order valence-electron chi connectivity index (χ4n) is 0. The second-order valence-corrected chi connectivity index (χ2v) is 3.79. The summed E-state index contributed by atoms with van der Waals surface area (Å²) in [4.78, 5) is 0. The number of hydrogen-bond donors (Lipinski definition) is 0. The van der Waals surface area contributed by atoms with E-state index < -0.39 is 0 Å². The summed E-state index contributed by atoms with van der Waals surface area (Å²) in [6.45, 7) is 30.5. The maximum Gasteiger partial charge on any atom is 1.00 e. The SMILES string of the molecule is CC.[CH2-]C(C)C.[CH2-]C(C)C.[CH2-]CC.[CH2-]CC.[Rb+].[Rb+].[Rb+].[Rb+]. The van der Waals surface area contributed by atoms with Crippen molar-refractivity contribution >= 4 is 0 Å². The van der Waals surface area contributed by atoms with Crippen LogP contribution in [0.4, 0.5) is 0 Å². The van der Waals surface area contributed by atoms with Crippen LogP contribution in [0.3, 0.4) is 0 Å². The van der Waals surface area contributed by atoms with E-state index in [0.29, 0.717) is 11.8 Å². The summed E-state index contributed by atoms with van der Waals surface area (Å²) < 4.78 is 0. The largest absolute Gasteiger partial charge is 1.00 e. The molecule has 0 aromatic carbocycles. The van der Waals surface area contributed by atoms with Gasteiger partial charge in [0.15, 0.2) is 0 Å².